The van der Waals surface area contributed by atoms with E-state index in [9.17, 15) is 0 Å². The first-order valence-corrected chi connectivity index (χ1v) is 16.0. The highest BCUT2D eigenvalue weighted by Gasteiger charge is 2.17. The number of hydrogen-bond acceptors (Lipinski definition) is 0. The van der Waals surface area contributed by atoms with Crippen LogP contribution in [0.4, 0.5) is 0 Å². The lowest BCUT2D eigenvalue weighted by Gasteiger charge is -2.14. The predicted molar refractivity (Wildman–Crippen MR) is 211 cm³/mol. The van der Waals surface area contributed by atoms with Gasteiger partial charge in [-0.05, 0) is 100 Å². The first-order valence-electron chi connectivity index (χ1n) is 23.5. The van der Waals surface area contributed by atoms with Crippen molar-refractivity contribution >= 4 is 43.6 Å². The van der Waals surface area contributed by atoms with Gasteiger partial charge in [-0.25, -0.2) is 0 Å². The molecule has 0 aliphatic heterocycles. The average molecular weight is 652 g/mol. The van der Waals surface area contributed by atoms with Crippen LogP contribution >= 0.6 is 0 Å². The third kappa shape index (κ3) is 4.57. The molecule has 234 valence electrons. The van der Waals surface area contributed by atoms with Crippen LogP contribution in [0.2, 0.25) is 0 Å². The zero-order valence-electron chi connectivity index (χ0n) is 41.2. The van der Waals surface area contributed by atoms with Crippen molar-refractivity contribution in [2.24, 2.45) is 0 Å². The lowest BCUT2D eigenvalue weighted by Crippen LogP contribution is -1.96. The molecule has 2 heteroatoms. The molecule has 0 saturated carbocycles. The smallest absolute Gasteiger partial charge is 0.0645 e. The highest BCUT2D eigenvalue weighted by Crippen LogP contribution is 2.39. The molecule has 0 radical (unpaired) electrons. The minimum Gasteiger partial charge on any atom is -0.309 e. The highest BCUT2D eigenvalue weighted by atomic mass is 15.0. The third-order valence-corrected chi connectivity index (χ3v) is 9.14. The Morgan fingerprint density at radius 3 is 1.22 bits per heavy atom. The maximum atomic E-state index is 8.85. The molecule has 0 unspecified atom stereocenters. The Hall–Kier alpha value is -6.64. The van der Waals surface area contributed by atoms with E-state index in [2.05, 4.69) is 0 Å². The Morgan fingerprint density at radius 2 is 0.720 bits per heavy atom. The molecule has 0 amide bonds. The van der Waals surface area contributed by atoms with E-state index in [1.807, 2.05) is 89.5 Å². The number of rotatable bonds is 5. The topological polar surface area (TPSA) is 9.86 Å². The number of para-hydroxylation sites is 3. The van der Waals surface area contributed by atoms with Gasteiger partial charge >= 0.3 is 0 Å². The predicted octanol–water partition coefficient (Wildman–Crippen LogP) is 12.9. The number of nitrogens with zero attached hydrogens (tertiary/aromatic N) is 2. The van der Waals surface area contributed by atoms with Gasteiger partial charge in [0.1, 0.15) is 0 Å². The molecule has 2 aromatic heterocycles. The van der Waals surface area contributed by atoms with Gasteiger partial charge in [0.15, 0.2) is 0 Å². The van der Waals surface area contributed by atoms with Gasteiger partial charge in [-0.15, -0.1) is 0 Å². The number of aromatic nitrogens is 2. The first-order chi connectivity index (χ1) is 31.0. The summed E-state index contributed by atoms with van der Waals surface area (Å²) in [7, 11) is 0. The number of benzene rings is 8. The summed E-state index contributed by atoms with van der Waals surface area (Å²) >= 11 is 0. The van der Waals surface area contributed by atoms with Crippen molar-refractivity contribution in [3.05, 3.63) is 194 Å². The fourth-order valence-electron chi connectivity index (χ4n) is 7.00. The van der Waals surface area contributed by atoms with Crippen molar-refractivity contribution in [2.45, 2.75) is 0 Å². The molecule has 0 saturated heterocycles. The van der Waals surface area contributed by atoms with Gasteiger partial charge in [-0.1, -0.05) is 127 Å². The molecule has 0 fully saturated rings. The van der Waals surface area contributed by atoms with Crippen molar-refractivity contribution in [2.75, 3.05) is 0 Å². The molecule has 50 heavy (non-hydrogen) atoms. The molecule has 2 nitrogen and oxygen atoms in total. The van der Waals surface area contributed by atoms with Crippen molar-refractivity contribution < 1.29 is 20.6 Å². The summed E-state index contributed by atoms with van der Waals surface area (Å²) in [5.41, 5.74) is 5.09. The second-order valence-electron chi connectivity index (χ2n) is 11.9. The lowest BCUT2D eigenvalue weighted by atomic mass is 9.98. The summed E-state index contributed by atoms with van der Waals surface area (Å²) in [4.78, 5) is 0. The molecule has 10 rings (SSSR count). The van der Waals surface area contributed by atoms with Crippen molar-refractivity contribution in [3.63, 3.8) is 0 Å². The van der Waals surface area contributed by atoms with Gasteiger partial charge in [0.25, 0.3) is 0 Å². The van der Waals surface area contributed by atoms with E-state index in [1.165, 1.54) is 6.07 Å². The van der Waals surface area contributed by atoms with Gasteiger partial charge < -0.3 is 9.13 Å². The van der Waals surface area contributed by atoms with Crippen LogP contribution in [0.3, 0.4) is 0 Å². The lowest BCUT2D eigenvalue weighted by molar-refractivity contribution is 1.18. The van der Waals surface area contributed by atoms with Gasteiger partial charge in [-0.2, -0.15) is 0 Å². The summed E-state index contributed by atoms with van der Waals surface area (Å²) in [6.07, 6.45) is 0. The third-order valence-electron chi connectivity index (χ3n) is 9.14. The summed E-state index contributed by atoms with van der Waals surface area (Å²) < 4.78 is 132. The molecule has 0 N–H and O–H groups in total. The van der Waals surface area contributed by atoms with Crippen LogP contribution in [0.15, 0.2) is 194 Å². The van der Waals surface area contributed by atoms with E-state index in [-0.39, 0.29) is 40.0 Å². The van der Waals surface area contributed by atoms with E-state index < -0.39 is 78.6 Å². The van der Waals surface area contributed by atoms with Crippen LogP contribution in [0.1, 0.15) is 20.6 Å². The quantitative estimate of drug-likeness (QED) is 0.175. The second kappa shape index (κ2) is 11.5. The first kappa shape index (κ1) is 17.1. The standard InChI is InChI=1S/C48H32N2/c1-4-14-33(15-5-1)37-28-38(34-16-6-2-7-17-34)30-40(29-37)50-46-23-13-11-21-42(46)44-32-36(25-27-48(44)50)35-24-26-47-43(31-35)41-20-10-12-22-45(41)49(47)39-18-8-3-9-19-39/h1-32H/i1D,2D,3D,4D,5D,6D,7D,8D,9D,14D,15D,16D,17D,18D,19D. The maximum absolute atomic E-state index is 8.85. The Labute approximate surface area is 311 Å². The van der Waals surface area contributed by atoms with Crippen LogP contribution in [-0.4, -0.2) is 9.13 Å². The van der Waals surface area contributed by atoms with Crippen molar-refractivity contribution in [1.29, 1.82) is 0 Å². The van der Waals surface area contributed by atoms with Crippen molar-refractivity contribution in [3.8, 4) is 44.8 Å². The van der Waals surface area contributed by atoms with E-state index in [1.54, 1.807) is 16.7 Å². The SMILES string of the molecule is [2H]c1c([2H])c([2H])c(-c2cc(-c3c([2H])c([2H])c([2H])c([2H])c3[2H])cc(-n3c4ccccc4c4cc(-c5ccc6c(c5)c5ccccc5n6-c5c([2H])c([2H])c([2H])c([2H])c5[2H])ccc43)c2)c([2H])c1[2H]. The van der Waals surface area contributed by atoms with Crippen LogP contribution < -0.4 is 0 Å². The van der Waals surface area contributed by atoms with E-state index in [0.29, 0.717) is 16.7 Å². The normalized spacial score (nSPS) is 15.8. The van der Waals surface area contributed by atoms with Gasteiger partial charge in [0, 0.05) is 32.9 Å². The summed E-state index contributed by atoms with van der Waals surface area (Å²) in [6.45, 7) is 0. The van der Waals surface area contributed by atoms with Crippen molar-refractivity contribution in [1.82, 2.24) is 9.13 Å². The Balaban J connectivity index is 1.21. The second-order valence-corrected chi connectivity index (χ2v) is 11.9. The molecule has 0 atom stereocenters. The van der Waals surface area contributed by atoms with Gasteiger partial charge in [-0.3, -0.25) is 0 Å². The monoisotopic (exact) mass is 651 g/mol. The number of hydrogen-bond donors (Lipinski definition) is 0. The van der Waals surface area contributed by atoms with Gasteiger partial charge in [0.2, 0.25) is 0 Å². The fraction of sp³-hybridized carbons (Fsp3) is 0. The molecule has 0 aliphatic carbocycles. The molecular weight excluding hydrogens is 605 g/mol. The Bertz CT molecular complexity index is 3560. The minimum absolute atomic E-state index is 0.0505. The van der Waals surface area contributed by atoms with Gasteiger partial charge in [0.05, 0.1) is 42.6 Å². The van der Waals surface area contributed by atoms with Crippen LogP contribution in [0, 0.1) is 0 Å². The fourth-order valence-corrected chi connectivity index (χ4v) is 7.00. The summed E-state index contributed by atoms with van der Waals surface area (Å²) in [5, 5.41) is 3.30. The number of fused-ring (bicyclic) bond motifs is 6. The van der Waals surface area contributed by atoms with Crippen LogP contribution in [-0.2, 0) is 0 Å². The van der Waals surface area contributed by atoms with Crippen LogP contribution in [0.25, 0.3) is 88.4 Å². The van der Waals surface area contributed by atoms with E-state index in [4.69, 9.17) is 20.6 Å². The molecule has 10 aromatic rings. The molecular formula is C48H32N2. The van der Waals surface area contributed by atoms with E-state index in [0.717, 1.165) is 43.7 Å². The minimum atomic E-state index is -0.567. The molecule has 0 spiro atoms. The molecule has 0 bridgehead atoms. The molecule has 8 aromatic carbocycles. The highest BCUT2D eigenvalue weighted by molar-refractivity contribution is 6.12. The maximum Gasteiger partial charge on any atom is 0.0645 e. The van der Waals surface area contributed by atoms with Crippen LogP contribution in [0.5, 0.6) is 0 Å². The molecule has 2 heterocycles. The Morgan fingerprint density at radius 1 is 0.300 bits per heavy atom. The molecule has 0 aliphatic rings. The zero-order valence-corrected chi connectivity index (χ0v) is 26.2. The largest absolute Gasteiger partial charge is 0.309 e. The Kier molecular flexibility index (Phi) is 3.95. The summed E-state index contributed by atoms with van der Waals surface area (Å²) in [6, 6.07) is 24.6. The zero-order chi connectivity index (χ0) is 46.1. The van der Waals surface area contributed by atoms with E-state index >= 15 is 0 Å². The average Bonchev–Trinajstić information content (AvgIpc) is 3.82. The summed E-state index contributed by atoms with van der Waals surface area (Å²) in [5.74, 6) is 0.